The standard InChI is InChI=1S/C18H18ClNO4S/c19-17-7-5-15(6-8-17)10-12-25(23,24)20-11-9-14-1-3-16(4-2-14)13-18(21)22/h1-8,10,12,20H,9,11,13H2,(H,21,22)/b12-10+. The molecule has 0 atom stereocenters. The molecule has 0 radical (unpaired) electrons. The molecule has 132 valence electrons. The highest BCUT2D eigenvalue weighted by molar-refractivity contribution is 7.92. The number of halogens is 1. The molecule has 2 rings (SSSR count). The lowest BCUT2D eigenvalue weighted by molar-refractivity contribution is -0.136. The number of carboxylic acids is 1. The summed E-state index contributed by atoms with van der Waals surface area (Å²) in [6.07, 6.45) is 1.99. The first-order valence-corrected chi connectivity index (χ1v) is 9.49. The van der Waals surface area contributed by atoms with Crippen LogP contribution in [-0.2, 0) is 27.7 Å². The van der Waals surface area contributed by atoms with E-state index in [1.807, 2.05) is 0 Å². The average Bonchev–Trinajstić information content (AvgIpc) is 2.55. The van der Waals surface area contributed by atoms with Crippen LogP contribution in [0.25, 0.3) is 6.08 Å². The zero-order valence-electron chi connectivity index (χ0n) is 13.4. The molecule has 25 heavy (non-hydrogen) atoms. The van der Waals surface area contributed by atoms with Crippen LogP contribution in [-0.4, -0.2) is 26.0 Å². The molecule has 5 nitrogen and oxygen atoms in total. The molecule has 0 bridgehead atoms. The van der Waals surface area contributed by atoms with Crippen LogP contribution in [0, 0.1) is 0 Å². The van der Waals surface area contributed by atoms with E-state index in [9.17, 15) is 13.2 Å². The van der Waals surface area contributed by atoms with Gasteiger partial charge in [-0.3, -0.25) is 4.79 Å². The van der Waals surface area contributed by atoms with Gasteiger partial charge in [0.05, 0.1) is 6.42 Å². The number of hydrogen-bond donors (Lipinski definition) is 2. The lowest BCUT2D eigenvalue weighted by Gasteiger charge is -2.04. The van der Waals surface area contributed by atoms with Gasteiger partial charge >= 0.3 is 5.97 Å². The van der Waals surface area contributed by atoms with Gasteiger partial charge in [0.2, 0.25) is 10.0 Å². The summed E-state index contributed by atoms with van der Waals surface area (Å²) in [7, 11) is -3.53. The maximum absolute atomic E-state index is 11.9. The summed E-state index contributed by atoms with van der Waals surface area (Å²) in [6.45, 7) is 0.256. The first-order valence-electron chi connectivity index (χ1n) is 7.57. The zero-order chi connectivity index (χ0) is 18.3. The third kappa shape index (κ3) is 7.09. The lowest BCUT2D eigenvalue weighted by Crippen LogP contribution is -2.23. The Hall–Kier alpha value is -2.15. The smallest absolute Gasteiger partial charge is 0.307 e. The van der Waals surface area contributed by atoms with Gasteiger partial charge in [0.15, 0.2) is 0 Å². The van der Waals surface area contributed by atoms with E-state index in [1.54, 1.807) is 48.5 Å². The molecular formula is C18H18ClNO4S. The van der Waals surface area contributed by atoms with Gasteiger partial charge in [0, 0.05) is 17.0 Å². The predicted molar refractivity (Wildman–Crippen MR) is 98.9 cm³/mol. The minimum absolute atomic E-state index is 0.0254. The summed E-state index contributed by atoms with van der Waals surface area (Å²) < 4.78 is 26.4. The summed E-state index contributed by atoms with van der Waals surface area (Å²) in [5.74, 6) is -0.881. The van der Waals surface area contributed by atoms with Crippen molar-refractivity contribution in [1.29, 1.82) is 0 Å². The average molecular weight is 380 g/mol. The maximum atomic E-state index is 11.9. The van der Waals surface area contributed by atoms with Gasteiger partial charge in [-0.2, -0.15) is 0 Å². The molecule has 0 aliphatic heterocycles. The second kappa shape index (κ2) is 8.80. The Morgan fingerprint density at radius 1 is 1.04 bits per heavy atom. The molecule has 2 aromatic rings. The van der Waals surface area contributed by atoms with E-state index < -0.39 is 16.0 Å². The highest BCUT2D eigenvalue weighted by atomic mass is 35.5. The minimum atomic E-state index is -3.53. The third-order valence-corrected chi connectivity index (χ3v) is 4.76. The Kier molecular flexibility index (Phi) is 6.75. The second-order valence-corrected chi connectivity index (χ2v) is 7.52. The largest absolute Gasteiger partial charge is 0.481 e. The van der Waals surface area contributed by atoms with Crippen LogP contribution < -0.4 is 4.72 Å². The fraction of sp³-hybridized carbons (Fsp3) is 0.167. The first kappa shape index (κ1) is 19.2. The van der Waals surface area contributed by atoms with Crippen molar-refractivity contribution >= 4 is 33.7 Å². The molecule has 0 aromatic heterocycles. The number of rotatable bonds is 8. The van der Waals surface area contributed by atoms with Crippen LogP contribution in [0.4, 0.5) is 0 Å². The van der Waals surface area contributed by atoms with Gasteiger partial charge in [-0.25, -0.2) is 13.1 Å². The maximum Gasteiger partial charge on any atom is 0.307 e. The van der Waals surface area contributed by atoms with Crippen molar-refractivity contribution in [2.24, 2.45) is 0 Å². The molecule has 2 aromatic carbocycles. The number of sulfonamides is 1. The molecule has 0 saturated heterocycles. The summed E-state index contributed by atoms with van der Waals surface area (Å²) in [5.41, 5.74) is 2.38. The van der Waals surface area contributed by atoms with Crippen LogP contribution in [0.3, 0.4) is 0 Å². The van der Waals surface area contributed by atoms with Crippen molar-refractivity contribution in [2.75, 3.05) is 6.54 Å². The second-order valence-electron chi connectivity index (χ2n) is 5.43. The van der Waals surface area contributed by atoms with Crippen LogP contribution in [0.15, 0.2) is 53.9 Å². The van der Waals surface area contributed by atoms with Gasteiger partial charge in [-0.1, -0.05) is 48.0 Å². The summed E-state index contributed by atoms with van der Waals surface area (Å²) in [5, 5.41) is 10.4. The van der Waals surface area contributed by atoms with E-state index in [0.717, 1.165) is 16.5 Å². The fourth-order valence-corrected chi connectivity index (χ4v) is 3.07. The number of carboxylic acid groups (broad SMARTS) is 1. The Morgan fingerprint density at radius 3 is 2.24 bits per heavy atom. The van der Waals surface area contributed by atoms with Crippen LogP contribution >= 0.6 is 11.6 Å². The quantitative estimate of drug-likeness (QED) is 0.738. The molecule has 7 heteroatoms. The molecule has 0 heterocycles. The van der Waals surface area contributed by atoms with Crippen molar-refractivity contribution in [3.63, 3.8) is 0 Å². The monoisotopic (exact) mass is 379 g/mol. The molecular weight excluding hydrogens is 362 g/mol. The molecule has 0 fully saturated rings. The molecule has 2 N–H and O–H groups in total. The molecule has 0 saturated carbocycles. The predicted octanol–water partition coefficient (Wildman–Crippen LogP) is 3.10. The third-order valence-electron chi connectivity index (χ3n) is 3.40. The first-order chi connectivity index (χ1) is 11.8. The normalized spacial score (nSPS) is 11.7. The highest BCUT2D eigenvalue weighted by Crippen LogP contribution is 2.11. The Morgan fingerprint density at radius 2 is 1.64 bits per heavy atom. The van der Waals surface area contributed by atoms with Crippen LogP contribution in [0.2, 0.25) is 5.02 Å². The van der Waals surface area contributed by atoms with Crippen molar-refractivity contribution in [3.05, 3.63) is 75.7 Å². The van der Waals surface area contributed by atoms with E-state index in [0.29, 0.717) is 17.0 Å². The van der Waals surface area contributed by atoms with Crippen LogP contribution in [0.5, 0.6) is 0 Å². The molecule has 0 aliphatic carbocycles. The Labute approximate surface area is 152 Å². The molecule has 0 spiro atoms. The van der Waals surface area contributed by atoms with Gasteiger partial charge in [-0.05, 0) is 41.3 Å². The summed E-state index contributed by atoms with van der Waals surface area (Å²) >= 11 is 5.78. The zero-order valence-corrected chi connectivity index (χ0v) is 14.9. The highest BCUT2D eigenvalue weighted by Gasteiger charge is 2.05. The van der Waals surface area contributed by atoms with Gasteiger partial charge in [0.1, 0.15) is 0 Å². The van der Waals surface area contributed by atoms with Crippen LogP contribution in [0.1, 0.15) is 16.7 Å². The Bertz CT molecular complexity index is 844. The minimum Gasteiger partial charge on any atom is -0.481 e. The van der Waals surface area contributed by atoms with E-state index >= 15 is 0 Å². The van der Waals surface area contributed by atoms with Gasteiger partial charge in [0.25, 0.3) is 0 Å². The number of carbonyl (C=O) groups is 1. The molecule has 0 aliphatic rings. The summed E-state index contributed by atoms with van der Waals surface area (Å²) in [4.78, 5) is 10.6. The van der Waals surface area contributed by atoms with E-state index in [4.69, 9.17) is 16.7 Å². The van der Waals surface area contributed by atoms with Crippen molar-refractivity contribution in [1.82, 2.24) is 4.72 Å². The van der Waals surface area contributed by atoms with Crippen molar-refractivity contribution in [2.45, 2.75) is 12.8 Å². The topological polar surface area (TPSA) is 83.5 Å². The van der Waals surface area contributed by atoms with Gasteiger partial charge < -0.3 is 5.11 Å². The Balaban J connectivity index is 1.85. The fourth-order valence-electron chi connectivity index (χ4n) is 2.13. The SMILES string of the molecule is O=C(O)Cc1ccc(CCNS(=O)(=O)/C=C/c2ccc(Cl)cc2)cc1. The number of aliphatic carboxylic acids is 1. The number of nitrogens with one attached hydrogen (secondary N) is 1. The molecule has 0 amide bonds. The van der Waals surface area contributed by atoms with E-state index in [1.165, 1.54) is 6.08 Å². The van der Waals surface area contributed by atoms with Crippen molar-refractivity contribution in [3.8, 4) is 0 Å². The number of benzene rings is 2. The lowest BCUT2D eigenvalue weighted by atomic mass is 10.1. The van der Waals surface area contributed by atoms with E-state index in [2.05, 4.69) is 4.72 Å². The van der Waals surface area contributed by atoms with Crippen molar-refractivity contribution < 1.29 is 18.3 Å². The molecule has 0 unspecified atom stereocenters. The summed E-state index contributed by atoms with van der Waals surface area (Å²) in [6, 6.07) is 13.9. The number of hydrogen-bond acceptors (Lipinski definition) is 3. The van der Waals surface area contributed by atoms with Gasteiger partial charge in [-0.15, -0.1) is 0 Å². The van der Waals surface area contributed by atoms with E-state index in [-0.39, 0.29) is 13.0 Å².